The van der Waals surface area contributed by atoms with E-state index < -0.39 is 0 Å². The van der Waals surface area contributed by atoms with Gasteiger partial charge in [0, 0.05) is 17.3 Å². The Kier molecular flexibility index (Phi) is 4.30. The van der Waals surface area contributed by atoms with Crippen LogP contribution in [0.5, 0.6) is 0 Å². The molecule has 0 aliphatic heterocycles. The van der Waals surface area contributed by atoms with Crippen LogP contribution in [0.4, 0.5) is 5.88 Å². The van der Waals surface area contributed by atoms with Gasteiger partial charge in [-0.25, -0.2) is 19.5 Å². The highest BCUT2D eigenvalue weighted by molar-refractivity contribution is 6.30. The van der Waals surface area contributed by atoms with E-state index in [2.05, 4.69) is 9.97 Å². The van der Waals surface area contributed by atoms with E-state index in [9.17, 15) is 4.79 Å². The lowest BCUT2D eigenvalue weighted by Gasteiger charge is -2.13. The van der Waals surface area contributed by atoms with Crippen LogP contribution in [0.2, 0.25) is 5.02 Å². The predicted octanol–water partition coefficient (Wildman–Crippen LogP) is 4.34. The molecular weight excluding hydrogens is 402 g/mol. The molecule has 30 heavy (non-hydrogen) atoms. The van der Waals surface area contributed by atoms with Crippen molar-refractivity contribution in [1.29, 1.82) is 0 Å². The summed E-state index contributed by atoms with van der Waals surface area (Å²) in [7, 11) is 0. The molecule has 2 N–H and O–H groups in total. The number of oxazole rings is 1. The zero-order valence-corrected chi connectivity index (χ0v) is 16.2. The van der Waals surface area contributed by atoms with E-state index in [1.165, 1.54) is 17.0 Å². The summed E-state index contributed by atoms with van der Waals surface area (Å²) in [6, 6.07) is 17.9. The van der Waals surface area contributed by atoms with Crippen LogP contribution >= 0.6 is 11.6 Å². The molecule has 0 aliphatic carbocycles. The number of nitrogens with zero attached hydrogens (tertiary/aromatic N) is 4. The molecule has 0 bridgehead atoms. The smallest absolute Gasteiger partial charge is 0.267 e. The number of nitrogens with two attached hydrogens (primary N) is 1. The Labute approximate surface area is 175 Å². The van der Waals surface area contributed by atoms with Crippen molar-refractivity contribution in [2.45, 2.75) is 0 Å². The van der Waals surface area contributed by atoms with Crippen LogP contribution in [-0.4, -0.2) is 19.5 Å². The average Bonchev–Trinajstić information content (AvgIpc) is 3.21. The minimum Gasteiger partial charge on any atom is -0.421 e. The summed E-state index contributed by atoms with van der Waals surface area (Å²) in [6.45, 7) is 0. The van der Waals surface area contributed by atoms with Crippen molar-refractivity contribution in [3.8, 4) is 28.7 Å². The first kappa shape index (κ1) is 18.1. The van der Waals surface area contributed by atoms with Gasteiger partial charge in [-0.2, -0.15) is 0 Å². The number of nitrogen functional groups attached to an aromatic ring is 1. The third-order valence-electron chi connectivity index (χ3n) is 4.63. The number of hydrogen-bond acceptors (Lipinski definition) is 6. The summed E-state index contributed by atoms with van der Waals surface area (Å²) in [5, 5.41) is 0.988. The quantitative estimate of drug-likeness (QED) is 0.470. The second-order valence-electron chi connectivity index (χ2n) is 6.57. The summed E-state index contributed by atoms with van der Waals surface area (Å²) < 4.78 is 6.85. The number of benzene rings is 2. The van der Waals surface area contributed by atoms with E-state index in [0.717, 1.165) is 11.1 Å². The first-order valence-corrected chi connectivity index (χ1v) is 9.44. The van der Waals surface area contributed by atoms with Gasteiger partial charge in [0.1, 0.15) is 11.6 Å². The SMILES string of the molecule is Nc1cnc(-c2ccc(-c3nc4ccccc4c(=O)n3-c3ccc(Cl)cn3)cc2)o1. The molecule has 0 aliphatic rings. The zero-order chi connectivity index (χ0) is 20.7. The third-order valence-corrected chi connectivity index (χ3v) is 4.85. The van der Waals surface area contributed by atoms with Crippen LogP contribution in [0, 0.1) is 0 Å². The van der Waals surface area contributed by atoms with Gasteiger partial charge in [-0.05, 0) is 36.4 Å². The fourth-order valence-electron chi connectivity index (χ4n) is 3.22. The number of para-hydroxylation sites is 1. The van der Waals surface area contributed by atoms with Gasteiger partial charge in [-0.15, -0.1) is 0 Å². The van der Waals surface area contributed by atoms with Crippen molar-refractivity contribution >= 4 is 28.4 Å². The second-order valence-corrected chi connectivity index (χ2v) is 7.01. The van der Waals surface area contributed by atoms with Gasteiger partial charge in [0.05, 0.1) is 22.1 Å². The van der Waals surface area contributed by atoms with Gasteiger partial charge in [0.15, 0.2) is 0 Å². The molecule has 0 spiro atoms. The number of hydrogen-bond donors (Lipinski definition) is 1. The van der Waals surface area contributed by atoms with Gasteiger partial charge in [-0.1, -0.05) is 35.9 Å². The maximum atomic E-state index is 13.3. The Morgan fingerprint density at radius 2 is 1.67 bits per heavy atom. The van der Waals surface area contributed by atoms with Crippen LogP contribution < -0.4 is 11.3 Å². The van der Waals surface area contributed by atoms with Crippen molar-refractivity contribution in [2.24, 2.45) is 0 Å². The molecule has 5 aromatic rings. The maximum Gasteiger partial charge on any atom is 0.267 e. The standard InChI is InChI=1S/C22H14ClN5O2/c23-15-9-10-19(25-11-15)28-20(27-17-4-2-1-3-16(17)22(28)29)13-5-7-14(8-6-13)21-26-12-18(24)30-21/h1-12H,24H2. The minimum atomic E-state index is -0.213. The Morgan fingerprint density at radius 1 is 0.900 bits per heavy atom. The van der Waals surface area contributed by atoms with Crippen molar-refractivity contribution in [1.82, 2.24) is 19.5 Å². The van der Waals surface area contributed by atoms with E-state index >= 15 is 0 Å². The average molecular weight is 416 g/mol. The van der Waals surface area contributed by atoms with E-state index in [-0.39, 0.29) is 11.4 Å². The number of halogens is 1. The zero-order valence-electron chi connectivity index (χ0n) is 15.5. The monoisotopic (exact) mass is 415 g/mol. The van der Waals surface area contributed by atoms with Crippen LogP contribution in [0.15, 0.2) is 82.3 Å². The molecule has 0 radical (unpaired) electrons. The number of pyridine rings is 1. The summed E-state index contributed by atoms with van der Waals surface area (Å²) in [5.74, 6) is 1.56. The highest BCUT2D eigenvalue weighted by atomic mass is 35.5. The van der Waals surface area contributed by atoms with Gasteiger partial charge < -0.3 is 10.2 Å². The first-order valence-electron chi connectivity index (χ1n) is 9.06. The van der Waals surface area contributed by atoms with E-state index in [1.807, 2.05) is 42.5 Å². The van der Waals surface area contributed by atoms with Crippen LogP contribution in [0.3, 0.4) is 0 Å². The molecule has 3 heterocycles. The van der Waals surface area contributed by atoms with E-state index in [4.69, 9.17) is 26.7 Å². The molecule has 0 atom stereocenters. The fraction of sp³-hybridized carbons (Fsp3) is 0. The molecule has 146 valence electrons. The molecule has 0 saturated heterocycles. The Morgan fingerprint density at radius 3 is 2.37 bits per heavy atom. The molecule has 8 heteroatoms. The van der Waals surface area contributed by atoms with Gasteiger partial charge >= 0.3 is 0 Å². The minimum absolute atomic E-state index is 0.213. The number of rotatable bonds is 3. The van der Waals surface area contributed by atoms with Crippen molar-refractivity contribution < 1.29 is 4.42 Å². The second kappa shape index (κ2) is 7.13. The van der Waals surface area contributed by atoms with Crippen molar-refractivity contribution in [3.63, 3.8) is 0 Å². The lowest BCUT2D eigenvalue weighted by Crippen LogP contribution is -2.22. The Bertz CT molecular complexity index is 1420. The van der Waals surface area contributed by atoms with E-state index in [0.29, 0.717) is 33.5 Å². The summed E-state index contributed by atoms with van der Waals surface area (Å²) in [4.78, 5) is 26.5. The topological polar surface area (TPSA) is 99.8 Å². The normalized spacial score (nSPS) is 11.1. The van der Waals surface area contributed by atoms with Gasteiger partial charge in [-0.3, -0.25) is 4.79 Å². The largest absolute Gasteiger partial charge is 0.421 e. The number of fused-ring (bicyclic) bond motifs is 1. The molecule has 5 rings (SSSR count). The van der Waals surface area contributed by atoms with Gasteiger partial charge in [0.25, 0.3) is 5.56 Å². The number of aromatic nitrogens is 4. The highest BCUT2D eigenvalue weighted by Gasteiger charge is 2.16. The molecule has 3 aromatic heterocycles. The summed E-state index contributed by atoms with van der Waals surface area (Å²) >= 11 is 5.98. The van der Waals surface area contributed by atoms with Gasteiger partial charge in [0.2, 0.25) is 11.8 Å². The lowest BCUT2D eigenvalue weighted by atomic mass is 10.1. The summed E-state index contributed by atoms with van der Waals surface area (Å²) in [6.07, 6.45) is 2.95. The van der Waals surface area contributed by atoms with Crippen molar-refractivity contribution in [3.05, 3.63) is 88.4 Å². The molecule has 2 aromatic carbocycles. The Hall–Kier alpha value is -3.97. The molecular formula is C22H14ClN5O2. The number of anilines is 1. The van der Waals surface area contributed by atoms with E-state index in [1.54, 1.807) is 18.2 Å². The highest BCUT2D eigenvalue weighted by Crippen LogP contribution is 2.26. The third kappa shape index (κ3) is 3.11. The fourth-order valence-corrected chi connectivity index (χ4v) is 3.33. The molecule has 0 fully saturated rings. The molecule has 7 nitrogen and oxygen atoms in total. The molecule has 0 amide bonds. The molecule has 0 saturated carbocycles. The van der Waals surface area contributed by atoms with Crippen LogP contribution in [0.25, 0.3) is 39.6 Å². The van der Waals surface area contributed by atoms with Crippen molar-refractivity contribution in [2.75, 3.05) is 5.73 Å². The Balaban J connectivity index is 1.72. The van der Waals surface area contributed by atoms with Crippen LogP contribution in [0.1, 0.15) is 0 Å². The first-order chi connectivity index (χ1) is 14.6. The lowest BCUT2D eigenvalue weighted by molar-refractivity contribution is 0.594. The predicted molar refractivity (Wildman–Crippen MR) is 115 cm³/mol. The maximum absolute atomic E-state index is 13.3. The van der Waals surface area contributed by atoms with Crippen LogP contribution in [-0.2, 0) is 0 Å². The molecule has 0 unspecified atom stereocenters. The summed E-state index contributed by atoms with van der Waals surface area (Å²) in [5.41, 5.74) is 7.49.